The van der Waals surface area contributed by atoms with Crippen molar-refractivity contribution in [1.29, 1.82) is 5.41 Å². The minimum Gasteiger partial charge on any atom is -0.384 e. The third-order valence-electron chi connectivity index (χ3n) is 3.84. The number of amidine groups is 1. The van der Waals surface area contributed by atoms with Gasteiger partial charge in [0.15, 0.2) is 0 Å². The number of pyridine rings is 1. The quantitative estimate of drug-likeness (QED) is 0.621. The highest BCUT2D eigenvalue weighted by atomic mass is 16.1. The Morgan fingerprint density at radius 2 is 1.94 bits per heavy atom. The molecule has 0 spiro atoms. The molecule has 0 radical (unpaired) electrons. The summed E-state index contributed by atoms with van der Waals surface area (Å²) in [6.07, 6.45) is 5.73. The van der Waals surface area contributed by atoms with E-state index in [4.69, 9.17) is 11.1 Å². The molecule has 0 atom stereocenters. The van der Waals surface area contributed by atoms with Crippen LogP contribution in [0.5, 0.6) is 0 Å². The number of aromatic nitrogens is 1. The minimum atomic E-state index is -0.123. The van der Waals surface area contributed by atoms with E-state index >= 15 is 0 Å². The van der Waals surface area contributed by atoms with Crippen LogP contribution in [0, 0.1) is 19.3 Å². The van der Waals surface area contributed by atoms with Gasteiger partial charge in [-0.3, -0.25) is 10.2 Å². The Morgan fingerprint density at radius 3 is 2.50 bits per heavy atom. The molecule has 2 rings (SSSR count). The molecule has 1 fully saturated rings. The lowest BCUT2D eigenvalue weighted by Crippen LogP contribution is -2.35. The Labute approximate surface area is 107 Å². The maximum atomic E-state index is 12.5. The largest absolute Gasteiger partial charge is 0.384 e. The second-order valence-corrected chi connectivity index (χ2v) is 5.22. The van der Waals surface area contributed by atoms with Crippen molar-refractivity contribution in [3.63, 3.8) is 0 Å². The van der Waals surface area contributed by atoms with E-state index in [1.165, 1.54) is 19.3 Å². The van der Waals surface area contributed by atoms with Crippen LogP contribution in [0.1, 0.15) is 55.0 Å². The number of rotatable bonds is 2. The van der Waals surface area contributed by atoms with Crippen LogP contribution in [-0.2, 0) is 0 Å². The van der Waals surface area contributed by atoms with Crippen molar-refractivity contribution in [2.24, 2.45) is 5.73 Å². The molecular weight excluding hydrogens is 226 g/mol. The van der Waals surface area contributed by atoms with E-state index < -0.39 is 0 Å². The summed E-state index contributed by atoms with van der Waals surface area (Å²) in [6, 6.07) is 2.25. The third-order valence-corrected chi connectivity index (χ3v) is 3.84. The number of nitrogens with two attached hydrogens (primary N) is 1. The lowest BCUT2D eigenvalue weighted by molar-refractivity contribution is 0.341. The summed E-state index contributed by atoms with van der Waals surface area (Å²) in [5, 5.41) is 7.56. The number of nitrogen functional groups attached to an aromatic ring is 1. The Balaban J connectivity index is 2.56. The molecule has 0 bridgehead atoms. The Hall–Kier alpha value is -1.58. The summed E-state index contributed by atoms with van der Waals surface area (Å²) in [6.45, 7) is 3.81. The zero-order chi connectivity index (χ0) is 13.3. The second-order valence-electron chi connectivity index (χ2n) is 5.22. The monoisotopic (exact) mass is 247 g/mol. The van der Waals surface area contributed by atoms with Crippen molar-refractivity contribution in [3.05, 3.63) is 33.2 Å². The van der Waals surface area contributed by atoms with Crippen LogP contribution < -0.4 is 11.3 Å². The number of hydrogen-bond donors (Lipinski definition) is 2. The van der Waals surface area contributed by atoms with Gasteiger partial charge in [0, 0.05) is 11.7 Å². The molecule has 1 aliphatic carbocycles. The predicted octanol–water partition coefficient (Wildman–Crippen LogP) is 2.25. The first-order valence-corrected chi connectivity index (χ1v) is 6.59. The van der Waals surface area contributed by atoms with Crippen LogP contribution in [0.15, 0.2) is 10.9 Å². The Bertz CT molecular complexity index is 525. The van der Waals surface area contributed by atoms with Gasteiger partial charge in [0.05, 0.1) is 5.56 Å². The lowest BCUT2D eigenvalue weighted by atomic mass is 9.94. The zero-order valence-electron chi connectivity index (χ0n) is 11.1. The first-order valence-electron chi connectivity index (χ1n) is 6.59. The van der Waals surface area contributed by atoms with Gasteiger partial charge in [0.25, 0.3) is 5.56 Å². The van der Waals surface area contributed by atoms with Gasteiger partial charge < -0.3 is 10.3 Å². The molecule has 0 amide bonds. The van der Waals surface area contributed by atoms with E-state index in [9.17, 15) is 4.79 Å². The van der Waals surface area contributed by atoms with Gasteiger partial charge in [-0.05, 0) is 38.3 Å². The number of hydrogen-bond acceptors (Lipinski definition) is 2. The lowest BCUT2D eigenvalue weighted by Gasteiger charge is -2.26. The summed E-state index contributed by atoms with van der Waals surface area (Å²) in [5.74, 6) is -0.123. The molecule has 0 saturated heterocycles. The molecule has 4 nitrogen and oxygen atoms in total. The van der Waals surface area contributed by atoms with Crippen LogP contribution in [-0.4, -0.2) is 10.4 Å². The van der Waals surface area contributed by atoms with E-state index in [1.54, 1.807) is 0 Å². The normalized spacial score (nSPS) is 16.8. The molecule has 0 unspecified atom stereocenters. The summed E-state index contributed by atoms with van der Waals surface area (Å²) >= 11 is 0. The maximum Gasteiger partial charge on any atom is 0.262 e. The molecule has 3 N–H and O–H groups in total. The third kappa shape index (κ3) is 2.19. The van der Waals surface area contributed by atoms with Crippen molar-refractivity contribution in [2.45, 2.75) is 52.0 Å². The highest BCUT2D eigenvalue weighted by molar-refractivity contribution is 5.95. The van der Waals surface area contributed by atoms with Gasteiger partial charge in [-0.15, -0.1) is 0 Å². The molecule has 1 heterocycles. The van der Waals surface area contributed by atoms with Gasteiger partial charge in [0.1, 0.15) is 5.84 Å². The van der Waals surface area contributed by atoms with Gasteiger partial charge in [-0.2, -0.15) is 0 Å². The molecule has 98 valence electrons. The molecule has 1 saturated carbocycles. The van der Waals surface area contributed by atoms with Gasteiger partial charge in [0.2, 0.25) is 0 Å². The summed E-state index contributed by atoms with van der Waals surface area (Å²) in [4.78, 5) is 12.5. The van der Waals surface area contributed by atoms with Crippen LogP contribution in [0.3, 0.4) is 0 Å². The van der Waals surface area contributed by atoms with Crippen LogP contribution in [0.4, 0.5) is 0 Å². The van der Waals surface area contributed by atoms with Crippen molar-refractivity contribution in [3.8, 4) is 0 Å². The van der Waals surface area contributed by atoms with Crippen molar-refractivity contribution >= 4 is 5.84 Å². The van der Waals surface area contributed by atoms with E-state index in [1.807, 2.05) is 24.5 Å². The molecule has 1 aromatic heterocycles. The molecule has 0 aliphatic heterocycles. The first kappa shape index (κ1) is 12.9. The topological polar surface area (TPSA) is 71.9 Å². The second kappa shape index (κ2) is 4.96. The van der Waals surface area contributed by atoms with Gasteiger partial charge in [-0.1, -0.05) is 19.3 Å². The van der Waals surface area contributed by atoms with Crippen molar-refractivity contribution in [1.82, 2.24) is 4.57 Å². The van der Waals surface area contributed by atoms with Crippen molar-refractivity contribution < 1.29 is 0 Å². The van der Waals surface area contributed by atoms with Crippen LogP contribution >= 0.6 is 0 Å². The molecule has 1 aliphatic rings. The maximum absolute atomic E-state index is 12.5. The van der Waals surface area contributed by atoms with Gasteiger partial charge in [-0.25, -0.2) is 0 Å². The van der Waals surface area contributed by atoms with Crippen molar-refractivity contribution in [2.75, 3.05) is 0 Å². The fourth-order valence-electron chi connectivity index (χ4n) is 3.03. The highest BCUT2D eigenvalue weighted by Gasteiger charge is 2.21. The number of nitrogens with one attached hydrogen (secondary N) is 1. The van der Waals surface area contributed by atoms with Crippen LogP contribution in [0.25, 0.3) is 0 Å². The smallest absolute Gasteiger partial charge is 0.262 e. The zero-order valence-corrected chi connectivity index (χ0v) is 11.1. The molecule has 0 aromatic carbocycles. The molecule has 18 heavy (non-hydrogen) atoms. The molecule has 1 aromatic rings. The summed E-state index contributed by atoms with van der Waals surface area (Å²) in [5.41, 5.74) is 7.59. The van der Waals surface area contributed by atoms with Crippen LogP contribution in [0.2, 0.25) is 0 Å². The van der Waals surface area contributed by atoms with E-state index in [0.717, 1.165) is 24.1 Å². The Kier molecular flexibility index (Phi) is 3.55. The average Bonchev–Trinajstić information content (AvgIpc) is 2.28. The van der Waals surface area contributed by atoms with E-state index in [0.29, 0.717) is 5.56 Å². The van der Waals surface area contributed by atoms with Gasteiger partial charge >= 0.3 is 0 Å². The summed E-state index contributed by atoms with van der Waals surface area (Å²) < 4.78 is 1.85. The number of nitrogens with zero attached hydrogens (tertiary/aromatic N) is 1. The fourth-order valence-corrected chi connectivity index (χ4v) is 3.03. The number of aryl methyl sites for hydroxylation is 2. The summed E-state index contributed by atoms with van der Waals surface area (Å²) in [7, 11) is 0. The average molecular weight is 247 g/mol. The minimum absolute atomic E-state index is 0.0908. The standard InChI is InChI=1S/C14H21N3O/c1-9-8-10(2)17(11-6-4-3-5-7-11)14(18)12(9)13(15)16/h8,11H,3-7H2,1-2H3,(H3,15,16). The molecule has 4 heteroatoms. The SMILES string of the molecule is Cc1cc(C)n(C2CCCCC2)c(=O)c1C(=N)N. The first-order chi connectivity index (χ1) is 8.52. The molecular formula is C14H21N3O. The van der Waals surface area contributed by atoms with E-state index in [2.05, 4.69) is 0 Å². The predicted molar refractivity (Wildman–Crippen MR) is 73.3 cm³/mol. The van der Waals surface area contributed by atoms with E-state index in [-0.39, 0.29) is 17.4 Å². The Morgan fingerprint density at radius 1 is 1.33 bits per heavy atom. The fraction of sp³-hybridized carbons (Fsp3) is 0.571. The highest BCUT2D eigenvalue weighted by Crippen LogP contribution is 2.28.